The zero-order chi connectivity index (χ0) is 25.8. The summed E-state index contributed by atoms with van der Waals surface area (Å²) in [4.78, 5) is 30.2. The molecule has 0 bridgehead atoms. The third kappa shape index (κ3) is 6.34. The first-order valence-electron chi connectivity index (χ1n) is 10.2. The number of methoxy groups -OCH3 is 1. The van der Waals surface area contributed by atoms with E-state index in [1.807, 2.05) is 0 Å². The van der Waals surface area contributed by atoms with E-state index in [1.165, 1.54) is 36.4 Å². The molecule has 11 heteroatoms. The molecule has 3 aromatic rings. The average Bonchev–Trinajstić information content (AvgIpc) is 2.84. The van der Waals surface area contributed by atoms with Crippen molar-refractivity contribution in [3.8, 4) is 0 Å². The maximum atomic E-state index is 13.3. The first kappa shape index (κ1) is 26.1. The SMILES string of the molecule is COC(=O)c1cc(N(CCc2ccc(C(F)(F)F)cn2)C(=O)C(O)c2ccc(F)cc2)ccc1Cl. The van der Waals surface area contributed by atoms with Crippen LogP contribution in [0.4, 0.5) is 23.2 Å². The summed E-state index contributed by atoms with van der Waals surface area (Å²) in [6, 6.07) is 10.8. The zero-order valence-corrected chi connectivity index (χ0v) is 19.0. The van der Waals surface area contributed by atoms with Gasteiger partial charge in [0, 0.05) is 30.5 Å². The van der Waals surface area contributed by atoms with E-state index in [-0.39, 0.29) is 40.5 Å². The predicted molar refractivity (Wildman–Crippen MR) is 119 cm³/mol. The number of ether oxygens (including phenoxy) is 1. The monoisotopic (exact) mass is 510 g/mol. The summed E-state index contributed by atoms with van der Waals surface area (Å²) >= 11 is 6.06. The fourth-order valence-corrected chi connectivity index (χ4v) is 3.41. The number of aromatic nitrogens is 1. The molecule has 35 heavy (non-hydrogen) atoms. The molecule has 1 unspecified atom stereocenters. The van der Waals surface area contributed by atoms with Gasteiger partial charge in [0.2, 0.25) is 0 Å². The standard InChI is InChI=1S/C24H19ClF4N2O4/c1-35-23(34)19-12-18(8-9-20(19)25)31(22(33)21(32)14-2-5-16(26)6-3-14)11-10-17-7-4-15(13-30-17)24(27,28)29/h2-9,12-13,21,32H,10-11H2,1H3. The lowest BCUT2D eigenvalue weighted by molar-refractivity contribution is -0.137. The number of amides is 1. The summed E-state index contributed by atoms with van der Waals surface area (Å²) in [5, 5.41) is 10.7. The van der Waals surface area contributed by atoms with Crippen LogP contribution in [-0.2, 0) is 22.1 Å². The van der Waals surface area contributed by atoms with Crippen molar-refractivity contribution in [2.75, 3.05) is 18.6 Å². The number of carbonyl (C=O) groups is 2. The van der Waals surface area contributed by atoms with Crippen LogP contribution >= 0.6 is 11.6 Å². The smallest absolute Gasteiger partial charge is 0.417 e. The van der Waals surface area contributed by atoms with E-state index in [1.54, 1.807) is 0 Å². The molecule has 1 heterocycles. The number of esters is 1. The van der Waals surface area contributed by atoms with Crippen LogP contribution in [0.25, 0.3) is 0 Å². The van der Waals surface area contributed by atoms with Gasteiger partial charge in [-0.1, -0.05) is 23.7 Å². The molecular formula is C24H19ClF4N2O4. The van der Waals surface area contributed by atoms with Gasteiger partial charge in [-0.25, -0.2) is 9.18 Å². The Balaban J connectivity index is 1.93. The van der Waals surface area contributed by atoms with E-state index in [0.29, 0.717) is 6.20 Å². The van der Waals surface area contributed by atoms with Crippen molar-refractivity contribution in [3.63, 3.8) is 0 Å². The van der Waals surface area contributed by atoms with Gasteiger partial charge in [-0.05, 0) is 48.0 Å². The lowest BCUT2D eigenvalue weighted by atomic mass is 10.1. The van der Waals surface area contributed by atoms with E-state index >= 15 is 0 Å². The molecule has 0 saturated carbocycles. The first-order chi connectivity index (χ1) is 16.5. The number of benzene rings is 2. The van der Waals surface area contributed by atoms with Crippen LogP contribution < -0.4 is 4.90 Å². The van der Waals surface area contributed by atoms with Gasteiger partial charge < -0.3 is 14.7 Å². The van der Waals surface area contributed by atoms with E-state index in [4.69, 9.17) is 16.3 Å². The van der Waals surface area contributed by atoms with Crippen LogP contribution in [0.3, 0.4) is 0 Å². The molecule has 0 aliphatic carbocycles. The summed E-state index contributed by atoms with van der Waals surface area (Å²) in [5.41, 5.74) is -0.395. The van der Waals surface area contributed by atoms with Crippen molar-refractivity contribution in [2.45, 2.75) is 18.7 Å². The maximum absolute atomic E-state index is 13.3. The van der Waals surface area contributed by atoms with Crippen LogP contribution in [0.2, 0.25) is 5.02 Å². The van der Waals surface area contributed by atoms with Crippen molar-refractivity contribution in [3.05, 3.63) is 94.0 Å². The molecule has 1 N–H and O–H groups in total. The van der Waals surface area contributed by atoms with Gasteiger partial charge in [-0.15, -0.1) is 0 Å². The van der Waals surface area contributed by atoms with Gasteiger partial charge >= 0.3 is 12.1 Å². The van der Waals surface area contributed by atoms with Gasteiger partial charge in [-0.3, -0.25) is 9.78 Å². The number of carbonyl (C=O) groups excluding carboxylic acids is 2. The first-order valence-corrected chi connectivity index (χ1v) is 10.5. The third-order valence-corrected chi connectivity index (χ3v) is 5.43. The Hall–Kier alpha value is -3.50. The molecule has 0 aliphatic rings. The quantitative estimate of drug-likeness (QED) is 0.358. The number of hydrogen-bond acceptors (Lipinski definition) is 5. The summed E-state index contributed by atoms with van der Waals surface area (Å²) in [6.07, 6.45) is -5.52. The summed E-state index contributed by atoms with van der Waals surface area (Å²) in [6.45, 7) is -0.113. The predicted octanol–water partition coefficient (Wildman–Crippen LogP) is 4.99. The summed E-state index contributed by atoms with van der Waals surface area (Å²) in [7, 11) is 1.16. The van der Waals surface area contributed by atoms with Gasteiger partial charge in [0.15, 0.2) is 6.10 Å². The maximum Gasteiger partial charge on any atom is 0.417 e. The molecule has 6 nitrogen and oxygen atoms in total. The van der Waals surface area contributed by atoms with Crippen molar-refractivity contribution >= 4 is 29.2 Å². The lowest BCUT2D eigenvalue weighted by Crippen LogP contribution is -2.37. The van der Waals surface area contributed by atoms with Crippen molar-refractivity contribution in [1.29, 1.82) is 0 Å². The number of anilines is 1. The van der Waals surface area contributed by atoms with Crippen molar-refractivity contribution in [1.82, 2.24) is 4.98 Å². The summed E-state index contributed by atoms with van der Waals surface area (Å²) in [5.74, 6) is -2.13. The molecule has 1 atom stereocenters. The second-order valence-electron chi connectivity index (χ2n) is 7.39. The van der Waals surface area contributed by atoms with Gasteiger partial charge in [0.05, 0.1) is 23.3 Å². The number of alkyl halides is 3. The molecule has 0 spiro atoms. The van der Waals surface area contributed by atoms with E-state index in [2.05, 4.69) is 4.98 Å². The number of aliphatic hydroxyl groups is 1. The summed E-state index contributed by atoms with van der Waals surface area (Å²) < 4.78 is 56.4. The largest absolute Gasteiger partial charge is 0.465 e. The fourth-order valence-electron chi connectivity index (χ4n) is 3.22. The van der Waals surface area contributed by atoms with Crippen LogP contribution in [0.5, 0.6) is 0 Å². The topological polar surface area (TPSA) is 79.7 Å². The van der Waals surface area contributed by atoms with Crippen LogP contribution in [0.15, 0.2) is 60.8 Å². The zero-order valence-electron chi connectivity index (χ0n) is 18.2. The highest BCUT2D eigenvalue weighted by Gasteiger charge is 2.31. The Morgan fingerprint density at radius 3 is 2.37 bits per heavy atom. The Morgan fingerprint density at radius 1 is 1.11 bits per heavy atom. The minimum Gasteiger partial charge on any atom is -0.465 e. The molecule has 1 amide bonds. The number of nitrogens with zero attached hydrogens (tertiary/aromatic N) is 2. The van der Waals surface area contributed by atoms with Gasteiger partial charge in [0.25, 0.3) is 5.91 Å². The molecular weight excluding hydrogens is 492 g/mol. The fraction of sp³-hybridized carbons (Fsp3) is 0.208. The van der Waals surface area contributed by atoms with Crippen LogP contribution in [0, 0.1) is 5.82 Å². The molecule has 0 aliphatic heterocycles. The highest BCUT2D eigenvalue weighted by Crippen LogP contribution is 2.29. The second kappa shape index (κ2) is 10.8. The molecule has 0 saturated heterocycles. The normalized spacial score (nSPS) is 12.2. The third-order valence-electron chi connectivity index (χ3n) is 5.10. The van der Waals surface area contributed by atoms with Gasteiger partial charge in [0.1, 0.15) is 5.82 Å². The number of aliphatic hydroxyl groups excluding tert-OH is 1. The van der Waals surface area contributed by atoms with Crippen molar-refractivity contribution in [2.24, 2.45) is 0 Å². The second-order valence-corrected chi connectivity index (χ2v) is 7.79. The molecule has 1 aromatic heterocycles. The Bertz CT molecular complexity index is 1200. The van der Waals surface area contributed by atoms with E-state index in [0.717, 1.165) is 30.2 Å². The van der Waals surface area contributed by atoms with E-state index in [9.17, 15) is 32.3 Å². The highest BCUT2D eigenvalue weighted by molar-refractivity contribution is 6.33. The molecule has 184 valence electrons. The molecule has 3 rings (SSSR count). The van der Waals surface area contributed by atoms with Crippen molar-refractivity contribution < 1.29 is 37.0 Å². The van der Waals surface area contributed by atoms with Crippen LogP contribution in [-0.4, -0.2) is 35.6 Å². The lowest BCUT2D eigenvalue weighted by Gasteiger charge is -2.26. The Morgan fingerprint density at radius 2 is 1.80 bits per heavy atom. The molecule has 0 fully saturated rings. The van der Waals surface area contributed by atoms with Crippen LogP contribution in [0.1, 0.15) is 33.3 Å². The Kier molecular flexibility index (Phi) is 8.08. The highest BCUT2D eigenvalue weighted by atomic mass is 35.5. The number of halogens is 5. The minimum atomic E-state index is -4.54. The minimum absolute atomic E-state index is 0.0240. The number of pyridine rings is 1. The number of hydrogen-bond donors (Lipinski definition) is 1. The van der Waals surface area contributed by atoms with Gasteiger partial charge in [-0.2, -0.15) is 13.2 Å². The molecule has 0 radical (unpaired) electrons. The average molecular weight is 511 g/mol. The number of rotatable bonds is 7. The Labute approximate surface area is 202 Å². The molecule has 2 aromatic carbocycles. The van der Waals surface area contributed by atoms with E-state index < -0.39 is 35.5 Å².